The fourth-order valence-electron chi connectivity index (χ4n) is 2.65. The van der Waals surface area contributed by atoms with Gasteiger partial charge in [-0.1, -0.05) is 19.9 Å². The largest absolute Gasteiger partial charge is 0.345 e. The van der Waals surface area contributed by atoms with Crippen LogP contribution in [0.15, 0.2) is 30.3 Å². The van der Waals surface area contributed by atoms with Crippen molar-refractivity contribution < 1.29 is 14.0 Å². The fourth-order valence-corrected chi connectivity index (χ4v) is 3.61. The van der Waals surface area contributed by atoms with Crippen molar-refractivity contribution in [2.75, 3.05) is 11.9 Å². The number of amides is 2. The van der Waals surface area contributed by atoms with Gasteiger partial charge in [0.2, 0.25) is 0 Å². The third kappa shape index (κ3) is 4.47. The maximum Gasteiger partial charge on any atom is 0.262 e. The van der Waals surface area contributed by atoms with Crippen LogP contribution in [0, 0.1) is 12.7 Å². The number of hydrogen-bond donors (Lipinski definition) is 3. The molecule has 5 nitrogen and oxygen atoms in total. The number of benzene rings is 1. The van der Waals surface area contributed by atoms with Gasteiger partial charge in [0.25, 0.3) is 11.8 Å². The SMILES string of the molecule is CCC(CC)(CN)NC(=O)c1sc(NC(=O)c2cccc(F)c2)cc1C. The van der Waals surface area contributed by atoms with Crippen molar-refractivity contribution in [3.8, 4) is 0 Å². The second kappa shape index (κ2) is 8.42. The Labute approximate surface area is 156 Å². The van der Waals surface area contributed by atoms with Crippen molar-refractivity contribution in [3.63, 3.8) is 0 Å². The summed E-state index contributed by atoms with van der Waals surface area (Å²) < 4.78 is 13.3. The maximum absolute atomic E-state index is 13.3. The van der Waals surface area contributed by atoms with Gasteiger partial charge in [0.1, 0.15) is 5.82 Å². The molecule has 0 atom stereocenters. The van der Waals surface area contributed by atoms with Crippen LogP contribution in [0.25, 0.3) is 0 Å². The van der Waals surface area contributed by atoms with Crippen LogP contribution < -0.4 is 16.4 Å². The fraction of sp³-hybridized carbons (Fsp3) is 0.368. The minimum absolute atomic E-state index is 0.201. The van der Waals surface area contributed by atoms with E-state index < -0.39 is 17.3 Å². The summed E-state index contributed by atoms with van der Waals surface area (Å²) in [4.78, 5) is 25.4. The van der Waals surface area contributed by atoms with Crippen LogP contribution in [0.4, 0.5) is 9.39 Å². The zero-order valence-corrected chi connectivity index (χ0v) is 16.0. The third-order valence-corrected chi connectivity index (χ3v) is 5.72. The summed E-state index contributed by atoms with van der Waals surface area (Å²) in [6.07, 6.45) is 1.47. The van der Waals surface area contributed by atoms with Gasteiger partial charge in [-0.15, -0.1) is 11.3 Å². The van der Waals surface area contributed by atoms with Crippen LogP contribution in [-0.4, -0.2) is 23.9 Å². The molecule has 2 amide bonds. The first-order chi connectivity index (χ1) is 12.3. The Balaban J connectivity index is 2.15. The lowest BCUT2D eigenvalue weighted by Gasteiger charge is -2.31. The van der Waals surface area contributed by atoms with E-state index in [1.54, 1.807) is 6.07 Å². The van der Waals surface area contributed by atoms with Crippen molar-refractivity contribution in [1.82, 2.24) is 5.32 Å². The van der Waals surface area contributed by atoms with E-state index in [1.807, 2.05) is 20.8 Å². The summed E-state index contributed by atoms with van der Waals surface area (Å²) in [7, 11) is 0. The number of aryl methyl sites for hydroxylation is 1. The molecule has 1 aromatic carbocycles. The molecule has 0 aliphatic heterocycles. The Hall–Kier alpha value is -2.25. The van der Waals surface area contributed by atoms with E-state index in [4.69, 9.17) is 5.73 Å². The molecule has 0 fully saturated rings. The Morgan fingerprint density at radius 3 is 2.46 bits per heavy atom. The molecule has 0 spiro atoms. The van der Waals surface area contributed by atoms with Crippen LogP contribution in [0.1, 0.15) is 52.3 Å². The lowest BCUT2D eigenvalue weighted by atomic mass is 9.93. The molecule has 140 valence electrons. The van der Waals surface area contributed by atoms with Crippen molar-refractivity contribution in [1.29, 1.82) is 0 Å². The van der Waals surface area contributed by atoms with E-state index in [1.165, 1.54) is 35.6 Å². The van der Waals surface area contributed by atoms with Crippen molar-refractivity contribution in [3.05, 3.63) is 52.2 Å². The van der Waals surface area contributed by atoms with Crippen molar-refractivity contribution >= 4 is 28.2 Å². The standard InChI is InChI=1S/C19H24FN3O2S/c1-4-19(5-2,11-21)23-18(25)16-12(3)9-15(26-16)22-17(24)13-7-6-8-14(20)10-13/h6-10H,4-5,11,21H2,1-3H3,(H,22,24)(H,23,25). The summed E-state index contributed by atoms with van der Waals surface area (Å²) in [5.41, 5.74) is 6.40. The minimum atomic E-state index is -0.475. The highest BCUT2D eigenvalue weighted by Crippen LogP contribution is 2.28. The summed E-state index contributed by atoms with van der Waals surface area (Å²) in [5.74, 6) is -1.10. The number of carbonyl (C=O) groups excluding carboxylic acids is 2. The summed E-state index contributed by atoms with van der Waals surface area (Å²) >= 11 is 1.19. The second-order valence-corrected chi connectivity index (χ2v) is 7.29. The number of carbonyl (C=O) groups is 2. The summed E-state index contributed by atoms with van der Waals surface area (Å²) in [5, 5.41) is 6.28. The second-order valence-electron chi connectivity index (χ2n) is 6.23. The van der Waals surface area contributed by atoms with Gasteiger partial charge in [-0.3, -0.25) is 9.59 Å². The molecule has 0 saturated carbocycles. The van der Waals surface area contributed by atoms with Gasteiger partial charge < -0.3 is 16.4 Å². The molecular weight excluding hydrogens is 353 g/mol. The van der Waals surface area contributed by atoms with Crippen LogP contribution in [0.3, 0.4) is 0 Å². The van der Waals surface area contributed by atoms with Gasteiger partial charge in [-0.25, -0.2) is 4.39 Å². The highest BCUT2D eigenvalue weighted by Gasteiger charge is 2.28. The Bertz CT molecular complexity index is 792. The molecule has 0 aliphatic rings. The molecule has 2 aromatic rings. The number of nitrogens with two attached hydrogens (primary N) is 1. The Morgan fingerprint density at radius 1 is 1.19 bits per heavy atom. The third-order valence-electron chi connectivity index (χ3n) is 4.57. The van der Waals surface area contributed by atoms with E-state index in [2.05, 4.69) is 10.6 Å². The van der Waals surface area contributed by atoms with E-state index in [-0.39, 0.29) is 11.5 Å². The average Bonchev–Trinajstić information content (AvgIpc) is 3.00. The number of anilines is 1. The molecular formula is C19H24FN3O2S. The van der Waals surface area contributed by atoms with E-state index in [0.717, 1.165) is 18.4 Å². The Morgan fingerprint density at radius 2 is 1.88 bits per heavy atom. The minimum Gasteiger partial charge on any atom is -0.345 e. The van der Waals surface area contributed by atoms with Crippen molar-refractivity contribution in [2.45, 2.75) is 39.2 Å². The lowest BCUT2D eigenvalue weighted by Crippen LogP contribution is -2.52. The summed E-state index contributed by atoms with van der Waals surface area (Å²) in [6, 6.07) is 7.19. The molecule has 0 bridgehead atoms. The number of hydrogen-bond acceptors (Lipinski definition) is 4. The van der Waals surface area contributed by atoms with E-state index in [0.29, 0.717) is 16.4 Å². The molecule has 2 rings (SSSR count). The first-order valence-electron chi connectivity index (χ1n) is 8.54. The first-order valence-corrected chi connectivity index (χ1v) is 9.35. The van der Waals surface area contributed by atoms with Gasteiger partial charge in [0.05, 0.1) is 15.4 Å². The maximum atomic E-state index is 13.3. The zero-order valence-electron chi connectivity index (χ0n) is 15.2. The average molecular weight is 377 g/mol. The number of thiophene rings is 1. The Kier molecular flexibility index (Phi) is 6.50. The van der Waals surface area contributed by atoms with Crippen LogP contribution >= 0.6 is 11.3 Å². The predicted octanol–water partition coefficient (Wildman–Crippen LogP) is 3.70. The molecule has 1 heterocycles. The topological polar surface area (TPSA) is 84.2 Å². The molecule has 0 radical (unpaired) electrons. The lowest BCUT2D eigenvalue weighted by molar-refractivity contribution is 0.0898. The van der Waals surface area contributed by atoms with Crippen LogP contribution in [-0.2, 0) is 0 Å². The van der Waals surface area contributed by atoms with Crippen LogP contribution in [0.2, 0.25) is 0 Å². The van der Waals surface area contributed by atoms with Gasteiger partial charge in [0.15, 0.2) is 0 Å². The van der Waals surface area contributed by atoms with E-state index >= 15 is 0 Å². The monoisotopic (exact) mass is 377 g/mol. The molecule has 0 aliphatic carbocycles. The van der Waals surface area contributed by atoms with Crippen LogP contribution in [0.5, 0.6) is 0 Å². The molecule has 0 saturated heterocycles. The number of nitrogens with one attached hydrogen (secondary N) is 2. The quantitative estimate of drug-likeness (QED) is 0.688. The van der Waals surface area contributed by atoms with Gasteiger partial charge >= 0.3 is 0 Å². The smallest absolute Gasteiger partial charge is 0.262 e. The molecule has 1 aromatic heterocycles. The zero-order chi connectivity index (χ0) is 19.3. The van der Waals surface area contributed by atoms with E-state index in [9.17, 15) is 14.0 Å². The normalized spacial score (nSPS) is 11.3. The van der Waals surface area contributed by atoms with Gasteiger partial charge in [0, 0.05) is 12.1 Å². The number of rotatable bonds is 7. The first kappa shape index (κ1) is 20.1. The molecule has 26 heavy (non-hydrogen) atoms. The molecule has 0 unspecified atom stereocenters. The molecule has 4 N–H and O–H groups in total. The highest BCUT2D eigenvalue weighted by atomic mass is 32.1. The van der Waals surface area contributed by atoms with Gasteiger partial charge in [-0.05, 0) is 49.6 Å². The molecule has 7 heteroatoms. The van der Waals surface area contributed by atoms with Crippen molar-refractivity contribution in [2.24, 2.45) is 5.73 Å². The number of halogens is 1. The summed E-state index contributed by atoms with van der Waals surface area (Å²) in [6.45, 7) is 6.15. The highest BCUT2D eigenvalue weighted by molar-refractivity contribution is 7.18. The predicted molar refractivity (Wildman–Crippen MR) is 103 cm³/mol. The van der Waals surface area contributed by atoms with Gasteiger partial charge in [-0.2, -0.15) is 0 Å².